The molecule has 1 heterocycles. The van der Waals surface area contributed by atoms with Crippen LogP contribution in [0.5, 0.6) is 0 Å². The fourth-order valence-corrected chi connectivity index (χ4v) is 3.59. The van der Waals surface area contributed by atoms with E-state index in [0.717, 1.165) is 38.8 Å². The van der Waals surface area contributed by atoms with Crippen LogP contribution in [0.4, 0.5) is 0 Å². The van der Waals surface area contributed by atoms with E-state index >= 15 is 0 Å². The van der Waals surface area contributed by atoms with Crippen molar-refractivity contribution in [2.24, 2.45) is 0 Å². The van der Waals surface area contributed by atoms with Crippen LogP contribution in [0.3, 0.4) is 0 Å². The molecule has 2 aliphatic rings. The van der Waals surface area contributed by atoms with Crippen molar-refractivity contribution in [3.05, 3.63) is 11.6 Å². The van der Waals surface area contributed by atoms with Crippen molar-refractivity contribution in [3.63, 3.8) is 0 Å². The highest BCUT2D eigenvalue weighted by atomic mass is 16.3. The van der Waals surface area contributed by atoms with Gasteiger partial charge in [-0.1, -0.05) is 18.9 Å². The maximum atomic E-state index is 11.1. The predicted octanol–water partition coefficient (Wildman–Crippen LogP) is 3.89. The van der Waals surface area contributed by atoms with Crippen molar-refractivity contribution >= 4 is 0 Å². The number of likely N-dealkylation sites (tertiary alicyclic amines) is 1. The highest BCUT2D eigenvalue weighted by molar-refractivity contribution is 5.18. The molecule has 2 rings (SSSR count). The van der Waals surface area contributed by atoms with E-state index in [2.05, 4.69) is 24.8 Å². The zero-order valence-corrected chi connectivity index (χ0v) is 12.8. The van der Waals surface area contributed by atoms with Gasteiger partial charge in [0, 0.05) is 12.6 Å². The van der Waals surface area contributed by atoms with Crippen molar-refractivity contribution in [1.29, 1.82) is 0 Å². The Morgan fingerprint density at radius 2 is 1.84 bits per heavy atom. The zero-order valence-electron chi connectivity index (χ0n) is 12.8. The molecular weight excluding hydrogens is 234 g/mol. The van der Waals surface area contributed by atoms with Gasteiger partial charge < -0.3 is 10.0 Å². The minimum Gasteiger partial charge on any atom is -0.385 e. The van der Waals surface area contributed by atoms with E-state index in [4.69, 9.17) is 0 Å². The third kappa shape index (κ3) is 4.06. The van der Waals surface area contributed by atoms with E-state index in [1.807, 2.05) is 0 Å². The number of hydrogen-bond donors (Lipinski definition) is 1. The van der Waals surface area contributed by atoms with E-state index in [1.165, 1.54) is 37.7 Å². The van der Waals surface area contributed by atoms with Gasteiger partial charge in [0.1, 0.15) is 0 Å². The van der Waals surface area contributed by atoms with E-state index in [-0.39, 0.29) is 0 Å². The van der Waals surface area contributed by atoms with Crippen LogP contribution in [0.2, 0.25) is 0 Å². The van der Waals surface area contributed by atoms with Gasteiger partial charge in [-0.3, -0.25) is 0 Å². The van der Waals surface area contributed by atoms with Crippen LogP contribution in [0, 0.1) is 0 Å². The number of hydrogen-bond acceptors (Lipinski definition) is 2. The van der Waals surface area contributed by atoms with Crippen LogP contribution >= 0.6 is 0 Å². The van der Waals surface area contributed by atoms with Gasteiger partial charge in [0.25, 0.3) is 0 Å². The highest BCUT2D eigenvalue weighted by Gasteiger charge is 2.33. The van der Waals surface area contributed by atoms with E-state index < -0.39 is 5.60 Å². The lowest BCUT2D eigenvalue weighted by molar-refractivity contribution is 0.0567. The van der Waals surface area contributed by atoms with Gasteiger partial charge in [0.05, 0.1) is 5.60 Å². The molecule has 0 aromatic heterocycles. The number of nitrogens with zero attached hydrogens (tertiary/aromatic N) is 1. The standard InChI is InChI=1S/C17H31NO/c1-15(2)18-13-8-11-17(19,12-14-18)16-9-6-4-3-5-7-10-16/h9,15,19H,3-8,10-14H2,1-2H3. The Morgan fingerprint density at radius 3 is 2.63 bits per heavy atom. The molecule has 1 fully saturated rings. The Kier molecular flexibility index (Phi) is 5.47. The molecule has 1 N–H and O–H groups in total. The van der Waals surface area contributed by atoms with Gasteiger partial charge in [-0.2, -0.15) is 0 Å². The summed E-state index contributed by atoms with van der Waals surface area (Å²) >= 11 is 0. The normalized spacial score (nSPS) is 31.5. The molecule has 2 nitrogen and oxygen atoms in total. The van der Waals surface area contributed by atoms with E-state index in [9.17, 15) is 5.11 Å². The van der Waals surface area contributed by atoms with Gasteiger partial charge >= 0.3 is 0 Å². The average molecular weight is 265 g/mol. The first-order valence-corrected chi connectivity index (χ1v) is 8.28. The van der Waals surface area contributed by atoms with Crippen LogP contribution in [0.25, 0.3) is 0 Å². The topological polar surface area (TPSA) is 23.5 Å². The lowest BCUT2D eigenvalue weighted by Crippen LogP contribution is -2.35. The van der Waals surface area contributed by atoms with Crippen LogP contribution in [-0.4, -0.2) is 34.7 Å². The Hall–Kier alpha value is -0.340. The predicted molar refractivity (Wildman–Crippen MR) is 81.3 cm³/mol. The zero-order chi connectivity index (χ0) is 13.7. The van der Waals surface area contributed by atoms with Crippen molar-refractivity contribution in [3.8, 4) is 0 Å². The Labute approximate surface area is 118 Å². The fourth-order valence-electron chi connectivity index (χ4n) is 3.59. The minimum atomic E-state index is -0.499. The molecule has 1 unspecified atom stereocenters. The lowest BCUT2D eigenvalue weighted by Gasteiger charge is -2.31. The van der Waals surface area contributed by atoms with Crippen LogP contribution in [-0.2, 0) is 0 Å². The molecule has 0 saturated carbocycles. The second kappa shape index (κ2) is 6.90. The van der Waals surface area contributed by atoms with Gasteiger partial charge in [0.15, 0.2) is 0 Å². The molecule has 0 spiro atoms. The number of allylic oxidation sites excluding steroid dienone is 1. The molecule has 19 heavy (non-hydrogen) atoms. The summed E-state index contributed by atoms with van der Waals surface area (Å²) in [6, 6.07) is 0.605. The number of rotatable bonds is 2. The Balaban J connectivity index is 2.04. The van der Waals surface area contributed by atoms with Crippen molar-refractivity contribution < 1.29 is 5.11 Å². The van der Waals surface area contributed by atoms with Crippen molar-refractivity contribution in [2.45, 2.75) is 83.3 Å². The van der Waals surface area contributed by atoms with Crippen LogP contribution in [0.15, 0.2) is 11.6 Å². The first-order chi connectivity index (χ1) is 9.12. The molecule has 0 aromatic carbocycles. The van der Waals surface area contributed by atoms with Crippen LogP contribution < -0.4 is 0 Å². The van der Waals surface area contributed by atoms with Gasteiger partial charge in [0.2, 0.25) is 0 Å². The summed E-state index contributed by atoms with van der Waals surface area (Å²) < 4.78 is 0. The summed E-state index contributed by atoms with van der Waals surface area (Å²) in [4.78, 5) is 2.52. The maximum absolute atomic E-state index is 11.1. The van der Waals surface area contributed by atoms with E-state index in [0.29, 0.717) is 6.04 Å². The Morgan fingerprint density at radius 1 is 1.05 bits per heavy atom. The number of aliphatic hydroxyl groups is 1. The summed E-state index contributed by atoms with van der Waals surface area (Å²) in [7, 11) is 0. The molecule has 2 heteroatoms. The molecule has 0 radical (unpaired) electrons. The molecule has 0 bridgehead atoms. The fraction of sp³-hybridized carbons (Fsp3) is 0.882. The lowest BCUT2D eigenvalue weighted by atomic mass is 9.82. The summed E-state index contributed by atoms with van der Waals surface area (Å²) in [6.45, 7) is 6.72. The molecule has 0 amide bonds. The van der Waals surface area contributed by atoms with Crippen LogP contribution in [0.1, 0.15) is 71.6 Å². The summed E-state index contributed by atoms with van der Waals surface area (Å²) in [5.74, 6) is 0. The molecule has 1 aliphatic heterocycles. The largest absolute Gasteiger partial charge is 0.385 e. The summed E-state index contributed by atoms with van der Waals surface area (Å²) in [5, 5.41) is 11.1. The Bertz CT molecular complexity index is 310. The minimum absolute atomic E-state index is 0.499. The third-order valence-corrected chi connectivity index (χ3v) is 4.97. The summed E-state index contributed by atoms with van der Waals surface area (Å²) in [6.07, 6.45) is 13.0. The molecule has 1 saturated heterocycles. The van der Waals surface area contributed by atoms with E-state index in [1.54, 1.807) is 0 Å². The molecule has 110 valence electrons. The monoisotopic (exact) mass is 265 g/mol. The molecule has 0 aromatic rings. The first-order valence-electron chi connectivity index (χ1n) is 8.28. The van der Waals surface area contributed by atoms with Crippen molar-refractivity contribution in [1.82, 2.24) is 4.90 Å². The smallest absolute Gasteiger partial charge is 0.0869 e. The third-order valence-electron chi connectivity index (χ3n) is 4.97. The summed E-state index contributed by atoms with van der Waals surface area (Å²) in [5.41, 5.74) is 0.860. The average Bonchev–Trinajstić information content (AvgIpc) is 2.51. The van der Waals surface area contributed by atoms with Gasteiger partial charge in [-0.05, 0) is 70.9 Å². The highest BCUT2D eigenvalue weighted by Crippen LogP contribution is 2.34. The quantitative estimate of drug-likeness (QED) is 0.766. The molecular formula is C17H31NO. The second-order valence-corrected chi connectivity index (χ2v) is 6.70. The molecule has 1 aliphatic carbocycles. The molecule has 1 atom stereocenters. The SMILES string of the molecule is CC(C)N1CCCC(O)(C2=CCCCCCC2)CC1. The van der Waals surface area contributed by atoms with Crippen molar-refractivity contribution in [2.75, 3.05) is 13.1 Å². The first kappa shape index (κ1) is 15.1. The maximum Gasteiger partial charge on any atom is 0.0869 e. The van der Waals surface area contributed by atoms with Gasteiger partial charge in [-0.15, -0.1) is 0 Å². The second-order valence-electron chi connectivity index (χ2n) is 6.70. The van der Waals surface area contributed by atoms with Gasteiger partial charge in [-0.25, -0.2) is 0 Å².